The van der Waals surface area contributed by atoms with Gasteiger partial charge in [0.15, 0.2) is 5.78 Å². The molecule has 0 amide bonds. The number of halogens is 3. The highest BCUT2D eigenvalue weighted by Crippen LogP contribution is 2.34. The Morgan fingerprint density at radius 2 is 1.64 bits per heavy atom. The Labute approximate surface area is 186 Å². The molecule has 3 aromatic carbocycles. The number of benzene rings is 3. The number of carbonyl (C=O) groups excluding carboxylic acids is 1. The first-order valence-electron chi connectivity index (χ1n) is 9.99. The van der Waals surface area contributed by atoms with Crippen LogP contribution in [-0.4, -0.2) is 21.8 Å². The zero-order valence-electron chi connectivity index (χ0n) is 17.1. The average Bonchev–Trinajstić information content (AvgIpc) is 3.20. The second-order valence-corrected chi connectivity index (χ2v) is 7.46. The fourth-order valence-electron chi connectivity index (χ4n) is 3.58. The monoisotopic (exact) mass is 453 g/mol. The molecule has 1 unspecified atom stereocenters. The van der Waals surface area contributed by atoms with Gasteiger partial charge in [-0.2, -0.15) is 13.2 Å². The molecule has 0 radical (unpaired) electrons. The molecule has 0 spiro atoms. The number of rotatable bonds is 7. The number of hydrogen-bond acceptors (Lipinski definition) is 3. The van der Waals surface area contributed by atoms with Gasteiger partial charge >= 0.3 is 12.1 Å². The van der Waals surface area contributed by atoms with Crippen molar-refractivity contribution >= 4 is 22.7 Å². The summed E-state index contributed by atoms with van der Waals surface area (Å²) in [5.74, 6) is -1.87. The number of H-pyrrole nitrogens is 1. The molecule has 0 aliphatic carbocycles. The lowest BCUT2D eigenvalue weighted by molar-refractivity contribution is -0.139. The van der Waals surface area contributed by atoms with Crippen molar-refractivity contribution in [2.45, 2.75) is 18.5 Å². The Hall–Kier alpha value is -4.07. The predicted molar refractivity (Wildman–Crippen MR) is 116 cm³/mol. The Balaban J connectivity index is 1.61. The van der Waals surface area contributed by atoms with Crippen molar-refractivity contribution in [1.82, 2.24) is 4.98 Å². The molecular weight excluding hydrogens is 435 g/mol. The fourth-order valence-corrected chi connectivity index (χ4v) is 3.58. The summed E-state index contributed by atoms with van der Waals surface area (Å²) < 4.78 is 44.1. The number of nitrogens with one attached hydrogen (secondary N) is 1. The number of ketones is 1. The minimum atomic E-state index is -4.52. The molecule has 0 saturated carbocycles. The minimum absolute atomic E-state index is 0.0159. The Morgan fingerprint density at radius 3 is 2.27 bits per heavy atom. The van der Waals surface area contributed by atoms with E-state index >= 15 is 0 Å². The summed E-state index contributed by atoms with van der Waals surface area (Å²) in [7, 11) is 0. The number of aliphatic carboxylic acids is 1. The Kier molecular flexibility index (Phi) is 5.91. The third-order valence-corrected chi connectivity index (χ3v) is 5.26. The summed E-state index contributed by atoms with van der Waals surface area (Å²) in [4.78, 5) is 27.7. The van der Waals surface area contributed by atoms with Crippen LogP contribution >= 0.6 is 0 Å². The summed E-state index contributed by atoms with van der Waals surface area (Å²) in [6.45, 7) is 0. The van der Waals surface area contributed by atoms with Crippen molar-refractivity contribution in [2.75, 3.05) is 0 Å². The first-order valence-corrected chi connectivity index (χ1v) is 9.99. The number of hydrogen-bond donors (Lipinski definition) is 2. The lowest BCUT2D eigenvalue weighted by Gasteiger charge is -2.13. The number of para-hydroxylation sites is 1. The molecule has 33 heavy (non-hydrogen) atoms. The molecule has 1 aromatic heterocycles. The molecular formula is C25H18F3NO4. The number of ether oxygens (including phenoxy) is 1. The van der Waals surface area contributed by atoms with E-state index in [9.17, 15) is 27.9 Å². The number of Topliss-reactive ketones (excluding diaryl/α,β-unsaturated/α-hetero) is 1. The molecule has 5 nitrogen and oxygen atoms in total. The smallest absolute Gasteiger partial charge is 0.416 e. The number of carbonyl (C=O) groups is 2. The van der Waals surface area contributed by atoms with Crippen molar-refractivity contribution in [3.63, 3.8) is 0 Å². The standard InChI is InChI=1S/C25H18F3NO4/c26-25(27,28)16-8-6-15(7-9-16)23(30)13-20(24(31)32)21-14-29-22-11-10-18(12-19(21)22)33-17-4-2-1-3-5-17/h1-12,14,20,29H,13H2,(H,31,32). The average molecular weight is 453 g/mol. The van der Waals surface area contributed by atoms with E-state index in [4.69, 9.17) is 4.74 Å². The topological polar surface area (TPSA) is 79.4 Å². The van der Waals surface area contributed by atoms with Gasteiger partial charge in [-0.25, -0.2) is 0 Å². The molecule has 8 heteroatoms. The van der Waals surface area contributed by atoms with E-state index in [2.05, 4.69) is 4.98 Å². The van der Waals surface area contributed by atoms with E-state index in [1.165, 1.54) is 6.20 Å². The molecule has 4 aromatic rings. The largest absolute Gasteiger partial charge is 0.481 e. The zero-order chi connectivity index (χ0) is 23.6. The van der Waals surface area contributed by atoms with E-state index in [1.807, 2.05) is 18.2 Å². The molecule has 2 N–H and O–H groups in total. The number of alkyl halides is 3. The molecule has 0 saturated heterocycles. The molecule has 1 heterocycles. The van der Waals surface area contributed by atoms with Crippen LogP contribution in [0.3, 0.4) is 0 Å². The lowest BCUT2D eigenvalue weighted by atomic mass is 9.91. The van der Waals surface area contributed by atoms with Crippen molar-refractivity contribution in [3.8, 4) is 11.5 Å². The van der Waals surface area contributed by atoms with E-state index in [0.29, 0.717) is 28.0 Å². The maximum atomic E-state index is 12.8. The lowest BCUT2D eigenvalue weighted by Crippen LogP contribution is -2.16. The maximum Gasteiger partial charge on any atom is 0.416 e. The highest BCUT2D eigenvalue weighted by molar-refractivity contribution is 6.00. The summed E-state index contributed by atoms with van der Waals surface area (Å²) in [6.07, 6.45) is -3.40. The van der Waals surface area contributed by atoms with Crippen LogP contribution in [0.2, 0.25) is 0 Å². The SMILES string of the molecule is O=C(CC(C(=O)O)c1c[nH]c2ccc(Oc3ccccc3)cc12)c1ccc(C(F)(F)F)cc1. The van der Waals surface area contributed by atoms with Gasteiger partial charge in [0.1, 0.15) is 11.5 Å². The van der Waals surface area contributed by atoms with E-state index in [-0.39, 0.29) is 5.56 Å². The molecule has 4 rings (SSSR count). The van der Waals surface area contributed by atoms with Crippen LogP contribution in [0, 0.1) is 0 Å². The van der Waals surface area contributed by atoms with Gasteiger partial charge in [-0.15, -0.1) is 0 Å². The summed E-state index contributed by atoms with van der Waals surface area (Å²) >= 11 is 0. The molecule has 0 aliphatic heterocycles. The van der Waals surface area contributed by atoms with Gasteiger partial charge in [0.05, 0.1) is 11.5 Å². The fraction of sp³-hybridized carbons (Fsp3) is 0.120. The number of fused-ring (bicyclic) bond motifs is 1. The number of carboxylic acids is 1. The van der Waals surface area contributed by atoms with Gasteiger partial charge in [-0.3, -0.25) is 9.59 Å². The van der Waals surface area contributed by atoms with Crippen LogP contribution < -0.4 is 4.74 Å². The van der Waals surface area contributed by atoms with Gasteiger partial charge in [0.25, 0.3) is 0 Å². The second-order valence-electron chi connectivity index (χ2n) is 7.46. The van der Waals surface area contributed by atoms with Gasteiger partial charge in [-0.05, 0) is 48.0 Å². The third kappa shape index (κ3) is 4.90. The second kappa shape index (κ2) is 8.82. The number of carboxylic acid groups (broad SMARTS) is 1. The highest BCUT2D eigenvalue weighted by Gasteiger charge is 2.31. The van der Waals surface area contributed by atoms with E-state index < -0.39 is 35.8 Å². The number of aromatic nitrogens is 1. The van der Waals surface area contributed by atoms with Crippen molar-refractivity contribution in [1.29, 1.82) is 0 Å². The molecule has 168 valence electrons. The van der Waals surface area contributed by atoms with Crippen molar-refractivity contribution < 1.29 is 32.6 Å². The molecule has 1 atom stereocenters. The zero-order valence-corrected chi connectivity index (χ0v) is 17.1. The van der Waals surface area contributed by atoms with Crippen LogP contribution in [0.1, 0.15) is 33.8 Å². The van der Waals surface area contributed by atoms with Gasteiger partial charge in [-0.1, -0.05) is 30.3 Å². The quantitative estimate of drug-likeness (QED) is 0.317. The highest BCUT2D eigenvalue weighted by atomic mass is 19.4. The first kappa shape index (κ1) is 22.1. The summed E-state index contributed by atoms with van der Waals surface area (Å²) in [6, 6.07) is 18.0. The Bertz CT molecular complexity index is 1290. The molecule has 0 aliphatic rings. The predicted octanol–water partition coefficient (Wildman–Crippen LogP) is 6.42. The van der Waals surface area contributed by atoms with Crippen LogP contribution in [-0.2, 0) is 11.0 Å². The van der Waals surface area contributed by atoms with E-state index in [1.54, 1.807) is 30.3 Å². The van der Waals surface area contributed by atoms with E-state index in [0.717, 1.165) is 24.3 Å². The normalized spacial score (nSPS) is 12.5. The van der Waals surface area contributed by atoms with Crippen molar-refractivity contribution in [2.24, 2.45) is 0 Å². The minimum Gasteiger partial charge on any atom is -0.481 e. The van der Waals surface area contributed by atoms with Crippen LogP contribution in [0.25, 0.3) is 10.9 Å². The van der Waals surface area contributed by atoms with Crippen LogP contribution in [0.5, 0.6) is 11.5 Å². The first-order chi connectivity index (χ1) is 15.7. The molecule has 0 fully saturated rings. The maximum absolute atomic E-state index is 12.8. The van der Waals surface area contributed by atoms with Crippen LogP contribution in [0.15, 0.2) is 79.0 Å². The summed E-state index contributed by atoms with van der Waals surface area (Å²) in [5, 5.41) is 10.4. The van der Waals surface area contributed by atoms with Gasteiger partial charge in [0, 0.05) is 29.1 Å². The van der Waals surface area contributed by atoms with Gasteiger partial charge < -0.3 is 14.8 Å². The Morgan fingerprint density at radius 1 is 0.939 bits per heavy atom. The third-order valence-electron chi connectivity index (χ3n) is 5.26. The summed E-state index contributed by atoms with van der Waals surface area (Å²) in [5.41, 5.74) is 0.188. The van der Waals surface area contributed by atoms with Gasteiger partial charge in [0.2, 0.25) is 0 Å². The molecule has 0 bridgehead atoms. The van der Waals surface area contributed by atoms with Crippen molar-refractivity contribution in [3.05, 3.63) is 95.7 Å². The number of aromatic amines is 1. The van der Waals surface area contributed by atoms with Crippen LogP contribution in [0.4, 0.5) is 13.2 Å².